The number of carbonyl (C=O) groups excluding carboxylic acids is 2. The lowest BCUT2D eigenvalue weighted by Gasteiger charge is -2.30. The minimum absolute atomic E-state index is 0.00803. The van der Waals surface area contributed by atoms with Gasteiger partial charge in [-0.1, -0.05) is 0 Å². The van der Waals surface area contributed by atoms with Gasteiger partial charge in [0.1, 0.15) is 5.75 Å². The molecule has 0 aromatic heterocycles. The summed E-state index contributed by atoms with van der Waals surface area (Å²) in [5, 5.41) is 8.93. The van der Waals surface area contributed by atoms with Crippen LogP contribution in [0, 0.1) is 0 Å². The molecule has 2 rings (SSSR count). The van der Waals surface area contributed by atoms with Crippen LogP contribution in [0.2, 0.25) is 0 Å². The van der Waals surface area contributed by atoms with Gasteiger partial charge in [0, 0.05) is 12.1 Å². The van der Waals surface area contributed by atoms with Crippen LogP contribution in [0.15, 0.2) is 24.3 Å². The van der Waals surface area contributed by atoms with Crippen molar-refractivity contribution in [1.82, 2.24) is 4.90 Å². The van der Waals surface area contributed by atoms with Gasteiger partial charge in [0.2, 0.25) is 0 Å². The topological polar surface area (TPSA) is 119 Å². The molecule has 8 nitrogen and oxygen atoms in total. The second kappa shape index (κ2) is 6.90. The predicted molar refractivity (Wildman–Crippen MR) is 74.4 cm³/mol. The summed E-state index contributed by atoms with van der Waals surface area (Å²) >= 11 is 0. The van der Waals surface area contributed by atoms with Crippen LogP contribution in [-0.4, -0.2) is 60.2 Å². The van der Waals surface area contributed by atoms with Gasteiger partial charge in [-0.15, -0.1) is 0 Å². The number of rotatable bonds is 5. The summed E-state index contributed by atoms with van der Waals surface area (Å²) in [6.45, 7) is 0.288. The number of benzene rings is 1. The molecule has 1 aromatic rings. The molecule has 1 aromatic carbocycles. The molecule has 0 bridgehead atoms. The second-order valence-corrected chi connectivity index (χ2v) is 4.73. The standard InChI is InChI=1S/C14H16N2O6/c15-12(17)8-22-10-3-1-9(2-4-10)13(18)16-5-6-21-11(7-16)14(19)20/h1-4,11H,5-8H2,(H2,15,17)(H,19,20). The number of morpholine rings is 1. The molecule has 1 saturated heterocycles. The third-order valence-electron chi connectivity index (χ3n) is 3.11. The third-order valence-corrected chi connectivity index (χ3v) is 3.11. The second-order valence-electron chi connectivity index (χ2n) is 4.73. The Morgan fingerprint density at radius 2 is 2.00 bits per heavy atom. The van der Waals surface area contributed by atoms with Gasteiger partial charge in [0.25, 0.3) is 11.8 Å². The van der Waals surface area contributed by atoms with Crippen molar-refractivity contribution >= 4 is 17.8 Å². The zero-order chi connectivity index (χ0) is 16.1. The smallest absolute Gasteiger partial charge is 0.334 e. The van der Waals surface area contributed by atoms with E-state index in [4.69, 9.17) is 20.3 Å². The van der Waals surface area contributed by atoms with Gasteiger partial charge in [0.15, 0.2) is 12.7 Å². The van der Waals surface area contributed by atoms with Crippen LogP contribution in [-0.2, 0) is 14.3 Å². The summed E-state index contributed by atoms with van der Waals surface area (Å²) in [6.07, 6.45) is -1.00. The van der Waals surface area contributed by atoms with E-state index in [0.29, 0.717) is 17.9 Å². The van der Waals surface area contributed by atoms with Crippen LogP contribution < -0.4 is 10.5 Å². The van der Waals surface area contributed by atoms with Crippen molar-refractivity contribution in [1.29, 1.82) is 0 Å². The minimum Gasteiger partial charge on any atom is -0.484 e. The Bertz CT molecular complexity index is 571. The fourth-order valence-corrected chi connectivity index (χ4v) is 2.01. The molecule has 0 radical (unpaired) electrons. The molecule has 1 aliphatic rings. The van der Waals surface area contributed by atoms with Crippen molar-refractivity contribution in [3.63, 3.8) is 0 Å². The molecule has 1 heterocycles. The van der Waals surface area contributed by atoms with E-state index in [1.807, 2.05) is 0 Å². The van der Waals surface area contributed by atoms with Crippen molar-refractivity contribution < 1.29 is 29.0 Å². The fraction of sp³-hybridized carbons (Fsp3) is 0.357. The maximum absolute atomic E-state index is 12.3. The van der Waals surface area contributed by atoms with E-state index in [1.54, 1.807) is 24.3 Å². The largest absolute Gasteiger partial charge is 0.484 e. The SMILES string of the molecule is NC(=O)COc1ccc(C(=O)N2CCOC(C(=O)O)C2)cc1. The average molecular weight is 308 g/mol. The number of nitrogens with zero attached hydrogens (tertiary/aromatic N) is 1. The molecule has 1 unspecified atom stereocenters. The van der Waals surface area contributed by atoms with Crippen LogP contribution in [0.4, 0.5) is 0 Å². The average Bonchev–Trinajstić information content (AvgIpc) is 2.53. The molecule has 118 valence electrons. The lowest BCUT2D eigenvalue weighted by Crippen LogP contribution is -2.48. The molecule has 2 amide bonds. The highest BCUT2D eigenvalue weighted by molar-refractivity contribution is 5.94. The molecule has 0 saturated carbocycles. The number of nitrogens with two attached hydrogens (primary N) is 1. The van der Waals surface area contributed by atoms with Gasteiger partial charge < -0.3 is 25.2 Å². The van der Waals surface area contributed by atoms with E-state index in [2.05, 4.69) is 0 Å². The monoisotopic (exact) mass is 308 g/mol. The molecule has 0 aliphatic carbocycles. The molecule has 8 heteroatoms. The zero-order valence-electron chi connectivity index (χ0n) is 11.7. The van der Waals surface area contributed by atoms with Crippen molar-refractivity contribution in [2.24, 2.45) is 5.73 Å². The Labute approximate surface area is 126 Å². The summed E-state index contributed by atoms with van der Waals surface area (Å²) in [4.78, 5) is 35.3. The third kappa shape index (κ3) is 3.95. The van der Waals surface area contributed by atoms with E-state index in [-0.39, 0.29) is 25.7 Å². The molecule has 22 heavy (non-hydrogen) atoms. The first-order valence-electron chi connectivity index (χ1n) is 6.62. The van der Waals surface area contributed by atoms with E-state index >= 15 is 0 Å². The first-order valence-corrected chi connectivity index (χ1v) is 6.62. The van der Waals surface area contributed by atoms with Gasteiger partial charge in [-0.25, -0.2) is 4.79 Å². The number of hydrogen-bond acceptors (Lipinski definition) is 5. The Morgan fingerprint density at radius 3 is 2.59 bits per heavy atom. The van der Waals surface area contributed by atoms with Crippen LogP contribution in [0.1, 0.15) is 10.4 Å². The molecule has 1 fully saturated rings. The summed E-state index contributed by atoms with van der Waals surface area (Å²) in [5.74, 6) is -1.54. The highest BCUT2D eigenvalue weighted by atomic mass is 16.5. The number of carboxylic acid groups (broad SMARTS) is 1. The number of carbonyl (C=O) groups is 3. The van der Waals surface area contributed by atoms with Gasteiger partial charge in [-0.3, -0.25) is 9.59 Å². The number of carboxylic acids is 1. The first kappa shape index (κ1) is 15.8. The molecule has 0 spiro atoms. The van der Waals surface area contributed by atoms with Crippen molar-refractivity contribution in [2.45, 2.75) is 6.10 Å². The van der Waals surface area contributed by atoms with Crippen LogP contribution in [0.5, 0.6) is 5.75 Å². The molecule has 1 atom stereocenters. The Balaban J connectivity index is 2.00. The predicted octanol–water partition coefficient (Wildman–Crippen LogP) is -0.524. The van der Waals surface area contributed by atoms with E-state index in [1.165, 1.54) is 4.90 Å². The zero-order valence-corrected chi connectivity index (χ0v) is 11.7. The Morgan fingerprint density at radius 1 is 1.32 bits per heavy atom. The maximum Gasteiger partial charge on any atom is 0.334 e. The summed E-state index contributed by atoms with van der Waals surface area (Å²) in [7, 11) is 0. The highest BCUT2D eigenvalue weighted by Gasteiger charge is 2.29. The number of primary amides is 1. The van der Waals surface area contributed by atoms with E-state index in [9.17, 15) is 14.4 Å². The molecule has 1 aliphatic heterocycles. The van der Waals surface area contributed by atoms with Crippen LogP contribution in [0.25, 0.3) is 0 Å². The Kier molecular flexibility index (Phi) is 4.95. The lowest BCUT2D eigenvalue weighted by molar-refractivity contribution is -0.154. The van der Waals surface area contributed by atoms with Gasteiger partial charge in [-0.05, 0) is 24.3 Å². The van der Waals surface area contributed by atoms with Gasteiger partial charge in [0.05, 0.1) is 13.2 Å². The lowest BCUT2D eigenvalue weighted by atomic mass is 10.1. The van der Waals surface area contributed by atoms with E-state index < -0.39 is 18.0 Å². The molecular weight excluding hydrogens is 292 g/mol. The number of aliphatic carboxylic acids is 1. The minimum atomic E-state index is -1.09. The van der Waals surface area contributed by atoms with Crippen molar-refractivity contribution in [2.75, 3.05) is 26.3 Å². The summed E-state index contributed by atoms with van der Waals surface area (Å²) < 4.78 is 10.2. The number of hydrogen-bond donors (Lipinski definition) is 2. The molecule has 3 N–H and O–H groups in total. The Hall–Kier alpha value is -2.61. The molecular formula is C14H16N2O6. The van der Waals surface area contributed by atoms with Crippen LogP contribution in [0.3, 0.4) is 0 Å². The van der Waals surface area contributed by atoms with Crippen molar-refractivity contribution in [3.05, 3.63) is 29.8 Å². The van der Waals surface area contributed by atoms with Crippen molar-refractivity contribution in [3.8, 4) is 5.75 Å². The van der Waals surface area contributed by atoms with Gasteiger partial charge >= 0.3 is 5.97 Å². The summed E-state index contributed by atoms with van der Waals surface area (Å²) in [6, 6.07) is 6.18. The summed E-state index contributed by atoms with van der Waals surface area (Å²) in [5.41, 5.74) is 5.37. The normalized spacial score (nSPS) is 17.8. The number of ether oxygens (including phenoxy) is 2. The first-order chi connectivity index (χ1) is 10.5. The maximum atomic E-state index is 12.3. The van der Waals surface area contributed by atoms with Crippen LogP contribution >= 0.6 is 0 Å². The highest BCUT2D eigenvalue weighted by Crippen LogP contribution is 2.15. The quantitative estimate of drug-likeness (QED) is 0.755. The van der Waals surface area contributed by atoms with E-state index in [0.717, 1.165) is 0 Å². The fourth-order valence-electron chi connectivity index (χ4n) is 2.01. The number of amides is 2. The van der Waals surface area contributed by atoms with Gasteiger partial charge in [-0.2, -0.15) is 0 Å².